The Labute approximate surface area is 67.9 Å². The second-order valence-electron chi connectivity index (χ2n) is 2.04. The summed E-state index contributed by atoms with van der Waals surface area (Å²) in [7, 11) is 0. The summed E-state index contributed by atoms with van der Waals surface area (Å²) >= 11 is 0. The first-order chi connectivity index (χ1) is 5.74. The molecule has 0 unspecified atom stereocenters. The minimum atomic E-state index is -0.998. The molecule has 0 aliphatic heterocycles. The third-order valence-corrected chi connectivity index (χ3v) is 1.27. The molecule has 1 rings (SSSR count). The minimum absolute atomic E-state index is 0.173. The van der Waals surface area contributed by atoms with Gasteiger partial charge in [-0.25, -0.2) is 4.79 Å². The molecule has 0 saturated heterocycles. The van der Waals surface area contributed by atoms with Gasteiger partial charge in [-0.15, -0.1) is 0 Å². The average molecular weight is 169 g/mol. The van der Waals surface area contributed by atoms with Crippen molar-refractivity contribution < 1.29 is 9.90 Å². The van der Waals surface area contributed by atoms with Crippen LogP contribution in [-0.4, -0.2) is 11.1 Å². The van der Waals surface area contributed by atoms with E-state index in [1.54, 1.807) is 0 Å². The van der Waals surface area contributed by atoms with Crippen LogP contribution in [0.5, 0.6) is 0 Å². The van der Waals surface area contributed by atoms with Crippen LogP contribution in [0.1, 0.15) is 10.4 Å². The van der Waals surface area contributed by atoms with E-state index >= 15 is 0 Å². The molecule has 0 bridgehead atoms. The van der Waals surface area contributed by atoms with Crippen LogP contribution in [0.15, 0.2) is 29.4 Å². The number of carboxylic acid groups (broad SMARTS) is 1. The molecule has 12 heavy (non-hydrogen) atoms. The van der Waals surface area contributed by atoms with Gasteiger partial charge in [-0.1, -0.05) is 17.2 Å². The van der Waals surface area contributed by atoms with Crippen LogP contribution in [0, 0.1) is 0 Å². The van der Waals surface area contributed by atoms with Crippen LogP contribution in [0.25, 0.3) is 10.4 Å². The highest BCUT2D eigenvalue weighted by molar-refractivity contribution is 5.87. The van der Waals surface area contributed by atoms with Gasteiger partial charge in [0.05, 0.1) is 5.56 Å². The Morgan fingerprint density at radius 2 is 2.00 bits per heavy atom. The fraction of sp³-hybridized carbons (Fsp3) is 0. The van der Waals surface area contributed by atoms with Gasteiger partial charge in [0.1, 0.15) is 0 Å². The van der Waals surface area contributed by atoms with Crippen molar-refractivity contribution in [3.63, 3.8) is 0 Å². The van der Waals surface area contributed by atoms with E-state index in [0.717, 1.165) is 0 Å². The summed E-state index contributed by atoms with van der Waals surface area (Å²) < 4.78 is 0. The summed E-state index contributed by atoms with van der Waals surface area (Å²) in [5, 5.41) is 11.8. The monoisotopic (exact) mass is 169 g/mol. The number of carbonyl (C=O) groups is 1. The molecule has 0 fully saturated rings. The summed E-state index contributed by atoms with van der Waals surface area (Å²) in [5.41, 5.74) is 8.62. The number of aromatic carboxylic acids is 1. The van der Waals surface area contributed by atoms with E-state index in [1.807, 2.05) is 0 Å². The average Bonchev–Trinajstić information content (AvgIpc) is 2.06. The first kappa shape index (κ1) is 8.10. The molecule has 0 heterocycles. The first-order valence-corrected chi connectivity index (χ1v) is 3.12. The minimum Gasteiger partial charge on any atom is -0.478 e. The highest BCUT2D eigenvalue weighted by atomic mass is 16.4. The van der Waals surface area contributed by atoms with Crippen molar-refractivity contribution in [2.24, 2.45) is 5.11 Å². The second kappa shape index (κ2) is 3.41. The molecule has 1 N–H and O–H groups in total. The Morgan fingerprint density at radius 3 is 2.42 bits per heavy atom. The summed E-state index contributed by atoms with van der Waals surface area (Å²) in [5.74, 6) is -0.998. The summed E-state index contributed by atoms with van der Waals surface area (Å²) in [6, 6.07) is 5.66. The standard InChI is InChI=1S/C7H5N3O2/c8-10-9-6-3-1-5(2-4-6)7(11)12/h1-4H,(H,11,12)/i1+1,2+1,3+1,4+1,5+1,6+1. The van der Waals surface area contributed by atoms with Crippen molar-refractivity contribution in [3.05, 3.63) is 40.3 Å². The van der Waals surface area contributed by atoms with Crippen molar-refractivity contribution in [1.82, 2.24) is 0 Å². The molecule has 0 spiro atoms. The van der Waals surface area contributed by atoms with Crippen LogP contribution in [0.2, 0.25) is 0 Å². The normalized spacial score (nSPS) is 8.67. The smallest absolute Gasteiger partial charge is 0.335 e. The maximum atomic E-state index is 10.4. The zero-order valence-electron chi connectivity index (χ0n) is 6.01. The van der Waals surface area contributed by atoms with Gasteiger partial charge < -0.3 is 5.11 Å². The number of azide groups is 1. The third-order valence-electron chi connectivity index (χ3n) is 1.27. The number of hydrogen-bond acceptors (Lipinski definition) is 2. The Kier molecular flexibility index (Phi) is 2.30. The van der Waals surface area contributed by atoms with Gasteiger partial charge >= 0.3 is 5.97 Å². The molecular weight excluding hydrogens is 164 g/mol. The van der Waals surface area contributed by atoms with Gasteiger partial charge in [0.2, 0.25) is 0 Å². The van der Waals surface area contributed by atoms with Gasteiger partial charge in [0, 0.05) is 10.6 Å². The molecule has 0 aromatic heterocycles. The molecule has 1 aromatic rings. The van der Waals surface area contributed by atoms with E-state index in [0.29, 0.717) is 5.69 Å². The molecule has 0 atom stereocenters. The molecular formula is C7H5N3O2. The van der Waals surface area contributed by atoms with E-state index in [-0.39, 0.29) is 5.56 Å². The second-order valence-corrected chi connectivity index (χ2v) is 2.04. The third kappa shape index (κ3) is 1.74. The number of nitrogens with zero attached hydrogens (tertiary/aromatic N) is 3. The Morgan fingerprint density at radius 1 is 1.42 bits per heavy atom. The predicted octanol–water partition coefficient (Wildman–Crippen LogP) is 2.33. The van der Waals surface area contributed by atoms with Crippen molar-refractivity contribution >= 4 is 11.7 Å². The summed E-state index contributed by atoms with van der Waals surface area (Å²) in [6.07, 6.45) is 0. The van der Waals surface area contributed by atoms with Gasteiger partial charge in [-0.3, -0.25) is 0 Å². The zero-order chi connectivity index (χ0) is 8.97. The summed E-state index contributed by atoms with van der Waals surface area (Å²) in [6.45, 7) is 0. The van der Waals surface area contributed by atoms with E-state index in [4.69, 9.17) is 10.6 Å². The lowest BCUT2D eigenvalue weighted by atomic mass is 10.9. The van der Waals surface area contributed by atoms with E-state index in [1.165, 1.54) is 24.3 Å². The number of carboxylic acids is 1. The SMILES string of the molecule is [N-]=[N+]=N[13c]1[13cH][13cH][13c](C(=O)O)[13cH][13cH]1. The Balaban J connectivity index is 3.00. The van der Waals surface area contributed by atoms with Crippen LogP contribution in [0.4, 0.5) is 5.69 Å². The van der Waals surface area contributed by atoms with Crippen LogP contribution >= 0.6 is 0 Å². The van der Waals surface area contributed by atoms with Crippen LogP contribution in [-0.2, 0) is 0 Å². The van der Waals surface area contributed by atoms with Gasteiger partial charge in [-0.2, -0.15) is 0 Å². The Bertz CT molecular complexity index is 317. The van der Waals surface area contributed by atoms with Gasteiger partial charge in [0.15, 0.2) is 0 Å². The molecule has 0 amide bonds. The first-order valence-electron chi connectivity index (χ1n) is 3.12. The zero-order valence-corrected chi connectivity index (χ0v) is 6.01. The molecule has 0 radical (unpaired) electrons. The fourth-order valence-electron chi connectivity index (χ4n) is 0.722. The molecule has 60 valence electrons. The number of benzene rings is 1. The quantitative estimate of drug-likeness (QED) is 0.418. The molecule has 5 nitrogen and oxygen atoms in total. The summed E-state index contributed by atoms with van der Waals surface area (Å²) in [4.78, 5) is 12.9. The number of rotatable bonds is 2. The largest absolute Gasteiger partial charge is 0.478 e. The van der Waals surface area contributed by atoms with Crippen LogP contribution < -0.4 is 0 Å². The number of hydrogen-bond donors (Lipinski definition) is 1. The van der Waals surface area contributed by atoms with Crippen molar-refractivity contribution in [1.29, 1.82) is 0 Å². The van der Waals surface area contributed by atoms with Crippen LogP contribution in [0.3, 0.4) is 0 Å². The lowest BCUT2D eigenvalue weighted by Gasteiger charge is -1.92. The molecule has 0 saturated carbocycles. The van der Waals surface area contributed by atoms with Gasteiger partial charge in [-0.05, 0) is 17.7 Å². The fourth-order valence-corrected chi connectivity index (χ4v) is 0.722. The van der Waals surface area contributed by atoms with E-state index in [2.05, 4.69) is 10.0 Å². The highest BCUT2D eigenvalue weighted by Gasteiger charge is 1.99. The van der Waals surface area contributed by atoms with Gasteiger partial charge in [0.25, 0.3) is 0 Å². The Hall–Kier alpha value is -2.00. The maximum absolute atomic E-state index is 10.4. The maximum Gasteiger partial charge on any atom is 0.335 e. The molecule has 0 aliphatic rings. The predicted molar refractivity (Wildman–Crippen MR) is 42.2 cm³/mol. The lowest BCUT2D eigenvalue weighted by molar-refractivity contribution is 0.0697. The molecule has 5 heteroatoms. The van der Waals surface area contributed by atoms with E-state index < -0.39 is 5.97 Å². The lowest BCUT2D eigenvalue weighted by Crippen LogP contribution is -1.93. The molecule has 1 aromatic carbocycles. The topological polar surface area (TPSA) is 86.1 Å². The molecule has 0 aliphatic carbocycles. The van der Waals surface area contributed by atoms with Crippen molar-refractivity contribution in [2.75, 3.05) is 0 Å². The van der Waals surface area contributed by atoms with Crippen molar-refractivity contribution in [3.8, 4) is 0 Å². The highest BCUT2D eigenvalue weighted by Crippen LogP contribution is 2.12. The van der Waals surface area contributed by atoms with E-state index in [9.17, 15) is 4.79 Å². The van der Waals surface area contributed by atoms with Crippen molar-refractivity contribution in [2.45, 2.75) is 0 Å².